The molecule has 108 valence electrons. The molecule has 0 saturated carbocycles. The van der Waals surface area contributed by atoms with Crippen LogP contribution in [0.15, 0.2) is 77.2 Å². The van der Waals surface area contributed by atoms with Crippen molar-refractivity contribution in [1.29, 1.82) is 0 Å². The van der Waals surface area contributed by atoms with Gasteiger partial charge in [-0.25, -0.2) is 0 Å². The fraction of sp³-hybridized carbons (Fsp3) is 0. The molecule has 0 spiro atoms. The van der Waals surface area contributed by atoms with E-state index in [1.165, 1.54) is 6.08 Å². The van der Waals surface area contributed by atoms with Crippen LogP contribution in [-0.2, 0) is 0 Å². The van der Waals surface area contributed by atoms with Crippen molar-refractivity contribution in [3.05, 3.63) is 94.2 Å². The van der Waals surface area contributed by atoms with E-state index in [-0.39, 0.29) is 5.70 Å². The number of furan rings is 1. The summed E-state index contributed by atoms with van der Waals surface area (Å²) in [5, 5.41) is 11.3. The third kappa shape index (κ3) is 2.96. The minimum absolute atomic E-state index is 0.00885. The predicted molar refractivity (Wildman–Crippen MR) is 85.5 cm³/mol. The Bertz CT molecular complexity index is 805. The Morgan fingerprint density at radius 1 is 0.909 bits per heavy atom. The fourth-order valence-corrected chi connectivity index (χ4v) is 2.17. The van der Waals surface area contributed by atoms with Crippen LogP contribution in [0.1, 0.15) is 11.3 Å². The molecule has 22 heavy (non-hydrogen) atoms. The van der Waals surface area contributed by atoms with Crippen LogP contribution in [0.4, 0.5) is 0 Å². The molecule has 0 amide bonds. The van der Waals surface area contributed by atoms with Crippen LogP contribution in [0.2, 0.25) is 0 Å². The normalized spacial score (nSPS) is 11.4. The third-order valence-electron chi connectivity index (χ3n) is 3.23. The van der Waals surface area contributed by atoms with E-state index >= 15 is 0 Å². The van der Waals surface area contributed by atoms with E-state index in [4.69, 9.17) is 4.42 Å². The molecule has 0 saturated heterocycles. The van der Waals surface area contributed by atoms with Crippen molar-refractivity contribution in [1.82, 2.24) is 0 Å². The zero-order valence-electron chi connectivity index (χ0n) is 11.7. The minimum Gasteiger partial charge on any atom is -0.456 e. The van der Waals surface area contributed by atoms with Crippen molar-refractivity contribution in [2.45, 2.75) is 0 Å². The Morgan fingerprint density at radius 2 is 1.55 bits per heavy atom. The summed E-state index contributed by atoms with van der Waals surface area (Å²) in [5.41, 5.74) is 1.49. The molecule has 0 radical (unpaired) electrons. The summed E-state index contributed by atoms with van der Waals surface area (Å²) in [6.07, 6.45) is 1.45. The zero-order valence-corrected chi connectivity index (χ0v) is 11.7. The first-order valence-corrected chi connectivity index (χ1v) is 6.81. The van der Waals surface area contributed by atoms with Gasteiger partial charge in [0.2, 0.25) is 0 Å². The second-order valence-electron chi connectivity index (χ2n) is 4.72. The van der Waals surface area contributed by atoms with Crippen LogP contribution >= 0.6 is 0 Å². The molecule has 1 heterocycles. The van der Waals surface area contributed by atoms with Crippen LogP contribution in [-0.4, -0.2) is 4.92 Å². The summed E-state index contributed by atoms with van der Waals surface area (Å²) >= 11 is 0. The zero-order chi connectivity index (χ0) is 15.4. The van der Waals surface area contributed by atoms with Gasteiger partial charge in [-0.2, -0.15) is 0 Å². The van der Waals surface area contributed by atoms with Gasteiger partial charge in [-0.15, -0.1) is 0 Å². The van der Waals surface area contributed by atoms with Crippen molar-refractivity contribution < 1.29 is 9.34 Å². The highest BCUT2D eigenvalue weighted by atomic mass is 16.6. The lowest BCUT2D eigenvalue weighted by Gasteiger charge is -1.98. The summed E-state index contributed by atoms with van der Waals surface area (Å²) < 4.78 is 5.69. The molecule has 0 atom stereocenters. The monoisotopic (exact) mass is 291 g/mol. The number of rotatable bonds is 4. The van der Waals surface area contributed by atoms with E-state index in [1.54, 1.807) is 30.3 Å². The molecule has 0 aliphatic heterocycles. The summed E-state index contributed by atoms with van der Waals surface area (Å²) in [4.78, 5) is 10.9. The number of hydrogen-bond donors (Lipinski definition) is 0. The molecule has 3 aromatic rings. The Morgan fingerprint density at radius 3 is 2.18 bits per heavy atom. The average Bonchev–Trinajstić information content (AvgIpc) is 3.03. The summed E-state index contributed by atoms with van der Waals surface area (Å²) in [6.45, 7) is 0. The van der Waals surface area contributed by atoms with Gasteiger partial charge < -0.3 is 4.42 Å². The molecule has 0 bridgehead atoms. The maximum atomic E-state index is 11.3. The molecule has 4 heteroatoms. The lowest BCUT2D eigenvalue weighted by Crippen LogP contribution is -1.97. The van der Waals surface area contributed by atoms with Crippen LogP contribution < -0.4 is 0 Å². The van der Waals surface area contributed by atoms with E-state index < -0.39 is 4.92 Å². The van der Waals surface area contributed by atoms with E-state index in [1.807, 2.05) is 42.5 Å². The van der Waals surface area contributed by atoms with Crippen molar-refractivity contribution in [2.24, 2.45) is 0 Å². The Balaban J connectivity index is 1.97. The topological polar surface area (TPSA) is 56.3 Å². The van der Waals surface area contributed by atoms with Gasteiger partial charge in [0, 0.05) is 5.56 Å². The molecular formula is C18H13NO3. The molecule has 0 aliphatic rings. The predicted octanol–water partition coefficient (Wildman–Crippen LogP) is 4.72. The molecule has 1 aromatic heterocycles. The first-order valence-electron chi connectivity index (χ1n) is 6.81. The highest BCUT2D eigenvalue weighted by Crippen LogP contribution is 2.25. The average molecular weight is 291 g/mol. The van der Waals surface area contributed by atoms with E-state index in [0.29, 0.717) is 17.1 Å². The van der Waals surface area contributed by atoms with Gasteiger partial charge in [-0.3, -0.25) is 10.1 Å². The number of nitrogens with zero attached hydrogens (tertiary/aromatic N) is 1. The maximum Gasteiger partial charge on any atom is 0.280 e. The van der Waals surface area contributed by atoms with Crippen molar-refractivity contribution in [3.63, 3.8) is 0 Å². The van der Waals surface area contributed by atoms with Gasteiger partial charge >= 0.3 is 0 Å². The van der Waals surface area contributed by atoms with Gasteiger partial charge in [-0.05, 0) is 24.3 Å². The second kappa shape index (κ2) is 6.10. The first kappa shape index (κ1) is 13.8. The molecule has 0 unspecified atom stereocenters. The number of hydrogen-bond acceptors (Lipinski definition) is 3. The molecule has 4 nitrogen and oxygen atoms in total. The van der Waals surface area contributed by atoms with Crippen LogP contribution in [0, 0.1) is 10.1 Å². The Labute approximate surface area is 127 Å². The minimum atomic E-state index is -0.403. The fourth-order valence-electron chi connectivity index (χ4n) is 2.17. The van der Waals surface area contributed by atoms with Gasteiger partial charge in [-0.1, -0.05) is 48.5 Å². The van der Waals surface area contributed by atoms with Crippen molar-refractivity contribution in [2.75, 3.05) is 0 Å². The molecule has 3 rings (SSSR count). The summed E-state index contributed by atoms with van der Waals surface area (Å²) in [6, 6.07) is 21.9. The standard InChI is InChI=1S/C18H13NO3/c20-19(21)17(14-7-3-1-4-8-14)13-16-11-12-18(22-16)15-9-5-2-6-10-15/h1-13H. The van der Waals surface area contributed by atoms with E-state index in [2.05, 4.69) is 0 Å². The van der Waals surface area contributed by atoms with Gasteiger partial charge in [0.1, 0.15) is 11.5 Å². The lowest BCUT2D eigenvalue weighted by atomic mass is 10.1. The van der Waals surface area contributed by atoms with E-state index in [0.717, 1.165) is 5.56 Å². The third-order valence-corrected chi connectivity index (χ3v) is 3.23. The SMILES string of the molecule is O=[N+]([O-])C(=Cc1ccc(-c2ccccc2)o1)c1ccccc1. The largest absolute Gasteiger partial charge is 0.456 e. The lowest BCUT2D eigenvalue weighted by molar-refractivity contribution is -0.374. The molecular weight excluding hydrogens is 278 g/mol. The Hall–Kier alpha value is -3.14. The summed E-state index contributed by atoms with van der Waals surface area (Å²) in [7, 11) is 0. The maximum absolute atomic E-state index is 11.3. The summed E-state index contributed by atoms with van der Waals surface area (Å²) in [5.74, 6) is 1.14. The van der Waals surface area contributed by atoms with Gasteiger partial charge in [0.15, 0.2) is 0 Å². The van der Waals surface area contributed by atoms with Crippen LogP contribution in [0.25, 0.3) is 23.1 Å². The number of nitro groups is 1. The smallest absolute Gasteiger partial charge is 0.280 e. The van der Waals surface area contributed by atoms with E-state index in [9.17, 15) is 10.1 Å². The van der Waals surface area contributed by atoms with Crippen LogP contribution in [0.3, 0.4) is 0 Å². The first-order chi connectivity index (χ1) is 10.7. The van der Waals surface area contributed by atoms with Gasteiger partial charge in [0.05, 0.1) is 16.6 Å². The highest BCUT2D eigenvalue weighted by Gasteiger charge is 2.15. The highest BCUT2D eigenvalue weighted by molar-refractivity contribution is 5.75. The molecule has 0 N–H and O–H groups in total. The van der Waals surface area contributed by atoms with Crippen LogP contribution in [0.5, 0.6) is 0 Å². The molecule has 2 aromatic carbocycles. The Kier molecular flexibility index (Phi) is 3.83. The molecule has 0 aliphatic carbocycles. The van der Waals surface area contributed by atoms with Crippen molar-refractivity contribution >= 4 is 11.8 Å². The second-order valence-corrected chi connectivity index (χ2v) is 4.72. The number of benzene rings is 2. The van der Waals surface area contributed by atoms with Crippen molar-refractivity contribution in [3.8, 4) is 11.3 Å². The van der Waals surface area contributed by atoms with Gasteiger partial charge in [0.25, 0.3) is 5.70 Å². The molecule has 0 fully saturated rings. The quantitative estimate of drug-likeness (QED) is 0.516.